The number of hydrogen-bond donors (Lipinski definition) is 1. The minimum atomic E-state index is 0.670. The fraction of sp³-hybridized carbons (Fsp3) is 0.455. The molecule has 0 saturated carbocycles. The number of imidazole rings is 1. The smallest absolute Gasteiger partial charge is 0.203 e. The highest BCUT2D eigenvalue weighted by molar-refractivity contribution is 7.09. The molecule has 5 nitrogen and oxygen atoms in total. The van der Waals surface area contributed by atoms with Crippen molar-refractivity contribution >= 4 is 17.3 Å². The van der Waals surface area contributed by atoms with Gasteiger partial charge in [0.2, 0.25) is 5.95 Å². The monoisotopic (exact) mass is 252 g/mol. The van der Waals surface area contributed by atoms with Crippen LogP contribution in [0.3, 0.4) is 0 Å². The predicted octanol–water partition coefficient (Wildman–Crippen LogP) is 1.75. The molecule has 2 heterocycles. The zero-order valence-electron chi connectivity index (χ0n) is 10.0. The summed E-state index contributed by atoms with van der Waals surface area (Å²) in [6.07, 6.45) is 3.74. The Morgan fingerprint density at radius 1 is 1.53 bits per heavy atom. The highest BCUT2D eigenvalue weighted by atomic mass is 32.1. The van der Waals surface area contributed by atoms with E-state index in [-0.39, 0.29) is 0 Å². The number of aryl methyl sites for hydroxylation is 1. The van der Waals surface area contributed by atoms with E-state index in [2.05, 4.69) is 20.7 Å². The quantitative estimate of drug-likeness (QED) is 0.796. The molecule has 2 aromatic heterocycles. The van der Waals surface area contributed by atoms with Crippen molar-refractivity contribution in [1.82, 2.24) is 14.5 Å². The van der Waals surface area contributed by atoms with E-state index in [1.165, 1.54) is 0 Å². The molecule has 0 amide bonds. The molecule has 0 unspecified atom stereocenters. The van der Waals surface area contributed by atoms with E-state index in [0.29, 0.717) is 6.61 Å². The van der Waals surface area contributed by atoms with Crippen molar-refractivity contribution < 1.29 is 4.74 Å². The van der Waals surface area contributed by atoms with Crippen LogP contribution in [-0.2, 0) is 11.3 Å². The summed E-state index contributed by atoms with van der Waals surface area (Å²) in [5, 5.41) is 6.38. The maximum Gasteiger partial charge on any atom is 0.203 e. The van der Waals surface area contributed by atoms with Gasteiger partial charge in [-0.3, -0.25) is 0 Å². The summed E-state index contributed by atoms with van der Waals surface area (Å²) >= 11 is 1.67. The predicted molar refractivity (Wildman–Crippen MR) is 68.5 cm³/mol. The molecule has 2 aromatic rings. The molecular formula is C11H16N4OS. The summed E-state index contributed by atoms with van der Waals surface area (Å²) in [5.41, 5.74) is 1.07. The summed E-state index contributed by atoms with van der Waals surface area (Å²) in [7, 11) is 1.69. The van der Waals surface area contributed by atoms with Gasteiger partial charge < -0.3 is 14.6 Å². The maximum absolute atomic E-state index is 4.99. The number of hydrogen-bond acceptors (Lipinski definition) is 5. The van der Waals surface area contributed by atoms with E-state index >= 15 is 0 Å². The van der Waals surface area contributed by atoms with Crippen LogP contribution in [0.15, 0.2) is 17.8 Å². The second kappa shape index (κ2) is 5.79. The minimum Gasteiger partial charge on any atom is -0.383 e. The van der Waals surface area contributed by atoms with Crippen LogP contribution in [0.1, 0.15) is 10.7 Å². The van der Waals surface area contributed by atoms with Gasteiger partial charge in [-0.1, -0.05) is 0 Å². The Labute approximate surface area is 104 Å². The first-order chi connectivity index (χ1) is 8.29. The molecule has 0 atom stereocenters. The Morgan fingerprint density at radius 2 is 2.41 bits per heavy atom. The number of rotatable bonds is 6. The Bertz CT molecular complexity index is 465. The van der Waals surface area contributed by atoms with Crippen LogP contribution in [0, 0.1) is 6.92 Å². The zero-order chi connectivity index (χ0) is 12.1. The number of ether oxygens (including phenoxy) is 1. The third-order valence-electron chi connectivity index (χ3n) is 2.28. The largest absolute Gasteiger partial charge is 0.383 e. The van der Waals surface area contributed by atoms with Crippen molar-refractivity contribution in [3.05, 3.63) is 28.5 Å². The van der Waals surface area contributed by atoms with Crippen molar-refractivity contribution in [2.75, 3.05) is 25.6 Å². The van der Waals surface area contributed by atoms with Gasteiger partial charge in [-0.25, -0.2) is 9.97 Å². The number of nitrogens with zero attached hydrogens (tertiary/aromatic N) is 3. The van der Waals surface area contributed by atoms with Gasteiger partial charge in [-0.15, -0.1) is 11.3 Å². The van der Waals surface area contributed by atoms with Gasteiger partial charge >= 0.3 is 0 Å². The van der Waals surface area contributed by atoms with Crippen LogP contribution in [0.5, 0.6) is 0 Å². The van der Waals surface area contributed by atoms with Crippen molar-refractivity contribution in [3.8, 4) is 0 Å². The minimum absolute atomic E-state index is 0.670. The van der Waals surface area contributed by atoms with Crippen molar-refractivity contribution in [1.29, 1.82) is 0 Å². The normalized spacial score (nSPS) is 10.7. The SMILES string of the molecule is COCCNc1nccn1Cc1nc(C)cs1. The van der Waals surface area contributed by atoms with E-state index in [0.717, 1.165) is 29.7 Å². The van der Waals surface area contributed by atoms with E-state index in [1.807, 2.05) is 17.7 Å². The molecule has 17 heavy (non-hydrogen) atoms. The molecule has 6 heteroatoms. The van der Waals surface area contributed by atoms with Gasteiger partial charge in [0.15, 0.2) is 0 Å². The lowest BCUT2D eigenvalue weighted by molar-refractivity contribution is 0.210. The lowest BCUT2D eigenvalue weighted by Crippen LogP contribution is -2.12. The third-order valence-corrected chi connectivity index (χ3v) is 3.23. The summed E-state index contributed by atoms with van der Waals surface area (Å²) < 4.78 is 7.04. The van der Waals surface area contributed by atoms with Gasteiger partial charge in [0.25, 0.3) is 0 Å². The van der Waals surface area contributed by atoms with Crippen LogP contribution in [-0.4, -0.2) is 34.8 Å². The number of anilines is 1. The van der Waals surface area contributed by atoms with E-state index in [9.17, 15) is 0 Å². The van der Waals surface area contributed by atoms with Crippen LogP contribution in [0.2, 0.25) is 0 Å². The van der Waals surface area contributed by atoms with Gasteiger partial charge in [0.1, 0.15) is 5.01 Å². The average molecular weight is 252 g/mol. The molecule has 0 aliphatic carbocycles. The lowest BCUT2D eigenvalue weighted by atomic mass is 10.5. The molecule has 0 aliphatic rings. The Morgan fingerprint density at radius 3 is 3.12 bits per heavy atom. The molecule has 0 spiro atoms. The fourth-order valence-electron chi connectivity index (χ4n) is 1.49. The van der Waals surface area contributed by atoms with Crippen LogP contribution < -0.4 is 5.32 Å². The van der Waals surface area contributed by atoms with E-state index in [4.69, 9.17) is 4.74 Å². The second-order valence-corrected chi connectivity index (χ2v) is 4.62. The Kier molecular flexibility index (Phi) is 4.11. The van der Waals surface area contributed by atoms with Gasteiger partial charge in [-0.2, -0.15) is 0 Å². The summed E-state index contributed by atoms with van der Waals surface area (Å²) in [5.74, 6) is 0.856. The Balaban J connectivity index is 1.98. The fourth-order valence-corrected chi connectivity index (χ4v) is 2.26. The molecule has 0 aliphatic heterocycles. The molecule has 92 valence electrons. The summed E-state index contributed by atoms with van der Waals surface area (Å²) in [4.78, 5) is 8.70. The molecule has 0 bridgehead atoms. The summed E-state index contributed by atoms with van der Waals surface area (Å²) in [6, 6.07) is 0. The first-order valence-electron chi connectivity index (χ1n) is 5.44. The Hall–Kier alpha value is -1.40. The van der Waals surface area contributed by atoms with Gasteiger partial charge in [0, 0.05) is 37.1 Å². The van der Waals surface area contributed by atoms with Crippen LogP contribution in [0.4, 0.5) is 5.95 Å². The molecule has 0 saturated heterocycles. The molecule has 0 aromatic carbocycles. The molecular weight excluding hydrogens is 236 g/mol. The third kappa shape index (κ3) is 3.28. The van der Waals surface area contributed by atoms with Crippen molar-refractivity contribution in [2.45, 2.75) is 13.5 Å². The number of nitrogens with one attached hydrogen (secondary N) is 1. The standard InChI is InChI=1S/C11H16N4OS/c1-9-8-17-10(14-9)7-15-5-3-12-11(15)13-4-6-16-2/h3,5,8H,4,6-7H2,1-2H3,(H,12,13). The molecule has 2 rings (SSSR count). The maximum atomic E-state index is 4.99. The molecule has 0 fully saturated rings. The first kappa shape index (κ1) is 12.1. The highest BCUT2D eigenvalue weighted by Crippen LogP contribution is 2.13. The van der Waals surface area contributed by atoms with Crippen LogP contribution in [0.25, 0.3) is 0 Å². The first-order valence-corrected chi connectivity index (χ1v) is 6.32. The van der Waals surface area contributed by atoms with Crippen molar-refractivity contribution in [2.24, 2.45) is 0 Å². The van der Waals surface area contributed by atoms with Crippen LogP contribution >= 0.6 is 11.3 Å². The highest BCUT2D eigenvalue weighted by Gasteiger charge is 2.05. The van der Waals surface area contributed by atoms with E-state index in [1.54, 1.807) is 24.6 Å². The number of aromatic nitrogens is 3. The molecule has 0 radical (unpaired) electrons. The lowest BCUT2D eigenvalue weighted by Gasteiger charge is -2.07. The summed E-state index contributed by atoms with van der Waals surface area (Å²) in [6.45, 7) is 4.19. The second-order valence-electron chi connectivity index (χ2n) is 3.68. The van der Waals surface area contributed by atoms with Gasteiger partial charge in [0.05, 0.1) is 13.2 Å². The molecule has 1 N–H and O–H groups in total. The van der Waals surface area contributed by atoms with Gasteiger partial charge in [-0.05, 0) is 6.92 Å². The zero-order valence-corrected chi connectivity index (χ0v) is 10.8. The number of methoxy groups -OCH3 is 1. The average Bonchev–Trinajstić information content (AvgIpc) is 2.90. The topological polar surface area (TPSA) is 52.0 Å². The van der Waals surface area contributed by atoms with Crippen molar-refractivity contribution in [3.63, 3.8) is 0 Å². The number of thiazole rings is 1. The van der Waals surface area contributed by atoms with E-state index < -0.39 is 0 Å².